The Morgan fingerprint density at radius 3 is 2.65 bits per heavy atom. The summed E-state index contributed by atoms with van der Waals surface area (Å²) in [6.45, 7) is 5.49. The molecule has 0 atom stereocenters. The van der Waals surface area contributed by atoms with Gasteiger partial charge in [0.05, 0.1) is 5.69 Å². The highest BCUT2D eigenvalue weighted by molar-refractivity contribution is 5.65. The molecule has 106 valence electrons. The average molecular weight is 271 g/mol. The summed E-state index contributed by atoms with van der Waals surface area (Å²) in [7, 11) is 2.18. The maximum atomic E-state index is 5.71. The first-order valence-corrected chi connectivity index (χ1v) is 7.02. The second-order valence-corrected chi connectivity index (χ2v) is 5.44. The van der Waals surface area contributed by atoms with Crippen LogP contribution in [0, 0.1) is 0 Å². The van der Waals surface area contributed by atoms with Crippen molar-refractivity contribution in [2.45, 2.75) is 6.54 Å². The number of nitrogen functional groups attached to an aromatic ring is 1. The molecule has 0 aliphatic carbocycles. The van der Waals surface area contributed by atoms with E-state index in [2.05, 4.69) is 51.3 Å². The normalized spacial score (nSPS) is 17.4. The van der Waals surface area contributed by atoms with Crippen LogP contribution >= 0.6 is 0 Å². The topological polar surface area (TPSA) is 61.2 Å². The number of piperazine rings is 1. The number of nitrogens with one attached hydrogen (secondary N) is 1. The molecule has 0 radical (unpaired) electrons. The largest absolute Gasteiger partial charge is 0.382 e. The number of benzene rings is 1. The zero-order valence-corrected chi connectivity index (χ0v) is 11.8. The molecule has 0 spiro atoms. The smallest absolute Gasteiger partial charge is 0.145 e. The third-order valence-corrected chi connectivity index (χ3v) is 3.90. The van der Waals surface area contributed by atoms with E-state index in [1.165, 1.54) is 11.1 Å². The Labute approximate surface area is 119 Å². The summed E-state index contributed by atoms with van der Waals surface area (Å²) in [4.78, 5) is 4.87. The number of rotatable bonds is 3. The summed E-state index contributed by atoms with van der Waals surface area (Å²) in [5, 5.41) is 7.03. The molecule has 0 amide bonds. The van der Waals surface area contributed by atoms with Crippen molar-refractivity contribution in [3.63, 3.8) is 0 Å². The van der Waals surface area contributed by atoms with Crippen molar-refractivity contribution in [1.29, 1.82) is 0 Å². The van der Waals surface area contributed by atoms with Crippen molar-refractivity contribution in [1.82, 2.24) is 20.0 Å². The van der Waals surface area contributed by atoms with E-state index in [0.29, 0.717) is 5.82 Å². The van der Waals surface area contributed by atoms with Gasteiger partial charge >= 0.3 is 0 Å². The molecule has 0 saturated carbocycles. The van der Waals surface area contributed by atoms with Gasteiger partial charge in [-0.05, 0) is 12.6 Å². The summed E-state index contributed by atoms with van der Waals surface area (Å²) in [6.07, 6.45) is 0. The number of hydrogen-bond donors (Lipinski definition) is 2. The van der Waals surface area contributed by atoms with Gasteiger partial charge in [-0.2, -0.15) is 5.10 Å². The Bertz CT molecular complexity index is 569. The van der Waals surface area contributed by atoms with E-state index in [9.17, 15) is 0 Å². The summed E-state index contributed by atoms with van der Waals surface area (Å²) >= 11 is 0. The molecule has 2 heterocycles. The maximum Gasteiger partial charge on any atom is 0.145 e. The van der Waals surface area contributed by atoms with Crippen molar-refractivity contribution < 1.29 is 0 Å². The van der Waals surface area contributed by atoms with Crippen LogP contribution in [0.2, 0.25) is 0 Å². The molecule has 3 rings (SSSR count). The van der Waals surface area contributed by atoms with Gasteiger partial charge in [-0.15, -0.1) is 0 Å². The molecular weight excluding hydrogens is 250 g/mol. The number of aromatic amines is 1. The molecule has 1 aliphatic heterocycles. The van der Waals surface area contributed by atoms with Crippen LogP contribution in [0.3, 0.4) is 0 Å². The number of aromatic nitrogens is 2. The minimum absolute atomic E-state index is 0.536. The average Bonchev–Trinajstić information content (AvgIpc) is 2.88. The Morgan fingerprint density at radius 2 is 1.95 bits per heavy atom. The molecule has 20 heavy (non-hydrogen) atoms. The second kappa shape index (κ2) is 5.64. The van der Waals surface area contributed by atoms with E-state index in [-0.39, 0.29) is 0 Å². The van der Waals surface area contributed by atoms with Gasteiger partial charge in [0.1, 0.15) is 5.82 Å². The van der Waals surface area contributed by atoms with Crippen molar-refractivity contribution >= 4 is 5.82 Å². The predicted octanol–water partition coefficient (Wildman–Crippen LogP) is 1.41. The zero-order chi connectivity index (χ0) is 13.9. The lowest BCUT2D eigenvalue weighted by molar-refractivity contribution is 0.148. The van der Waals surface area contributed by atoms with E-state index in [0.717, 1.165) is 38.4 Å². The van der Waals surface area contributed by atoms with Crippen LogP contribution in [0.1, 0.15) is 5.56 Å². The number of hydrogen-bond acceptors (Lipinski definition) is 4. The van der Waals surface area contributed by atoms with Gasteiger partial charge < -0.3 is 10.6 Å². The molecule has 5 nitrogen and oxygen atoms in total. The van der Waals surface area contributed by atoms with Crippen LogP contribution in [-0.4, -0.2) is 53.2 Å². The number of likely N-dealkylation sites (N-methyl/N-ethyl adjacent to an activating group) is 1. The van der Waals surface area contributed by atoms with Crippen LogP contribution in [-0.2, 0) is 6.54 Å². The van der Waals surface area contributed by atoms with Gasteiger partial charge in [0.25, 0.3) is 0 Å². The quantitative estimate of drug-likeness (QED) is 0.886. The Kier molecular flexibility index (Phi) is 3.71. The Balaban J connectivity index is 1.80. The molecule has 0 bridgehead atoms. The van der Waals surface area contributed by atoms with Gasteiger partial charge in [-0.25, -0.2) is 0 Å². The van der Waals surface area contributed by atoms with Crippen LogP contribution in [0.4, 0.5) is 5.82 Å². The minimum Gasteiger partial charge on any atom is -0.382 e. The van der Waals surface area contributed by atoms with Crippen LogP contribution in [0.5, 0.6) is 0 Å². The first kappa shape index (κ1) is 13.1. The molecule has 1 aliphatic rings. The molecule has 1 saturated heterocycles. The number of anilines is 1. The monoisotopic (exact) mass is 271 g/mol. The third kappa shape index (κ3) is 2.84. The predicted molar refractivity (Wildman–Crippen MR) is 81.2 cm³/mol. The Hall–Kier alpha value is -1.85. The molecule has 5 heteroatoms. The summed E-state index contributed by atoms with van der Waals surface area (Å²) < 4.78 is 0. The van der Waals surface area contributed by atoms with Crippen molar-refractivity contribution in [2.24, 2.45) is 0 Å². The molecule has 2 aromatic rings. The third-order valence-electron chi connectivity index (χ3n) is 3.90. The van der Waals surface area contributed by atoms with Gasteiger partial charge in [-0.1, -0.05) is 24.3 Å². The van der Waals surface area contributed by atoms with Gasteiger partial charge in [0, 0.05) is 44.4 Å². The summed E-state index contributed by atoms with van der Waals surface area (Å²) in [6, 6.07) is 10.3. The highest BCUT2D eigenvalue weighted by Crippen LogP contribution is 2.24. The standard InChI is InChI=1S/C15H21N5/c1-19-6-8-20(9-7-19)11-12-4-2-3-5-13(12)14-10-15(16)18-17-14/h2-5,10H,6-9,11H2,1H3,(H3,16,17,18). The van der Waals surface area contributed by atoms with E-state index in [1.54, 1.807) is 0 Å². The first-order chi connectivity index (χ1) is 9.72. The first-order valence-electron chi connectivity index (χ1n) is 7.02. The fourth-order valence-corrected chi connectivity index (χ4v) is 2.64. The van der Waals surface area contributed by atoms with Crippen molar-refractivity contribution in [3.8, 4) is 11.3 Å². The second-order valence-electron chi connectivity index (χ2n) is 5.44. The molecule has 1 aromatic carbocycles. The van der Waals surface area contributed by atoms with Crippen LogP contribution in [0.25, 0.3) is 11.3 Å². The molecule has 3 N–H and O–H groups in total. The fraction of sp³-hybridized carbons (Fsp3) is 0.400. The lowest BCUT2D eigenvalue weighted by Crippen LogP contribution is -2.43. The van der Waals surface area contributed by atoms with Gasteiger partial charge in [0.15, 0.2) is 0 Å². The van der Waals surface area contributed by atoms with Crippen LogP contribution < -0.4 is 5.73 Å². The molecule has 1 aromatic heterocycles. The number of nitrogens with zero attached hydrogens (tertiary/aromatic N) is 3. The number of nitrogens with two attached hydrogens (primary N) is 1. The fourth-order valence-electron chi connectivity index (χ4n) is 2.64. The van der Waals surface area contributed by atoms with E-state index in [4.69, 9.17) is 5.73 Å². The van der Waals surface area contributed by atoms with Crippen molar-refractivity contribution in [3.05, 3.63) is 35.9 Å². The highest BCUT2D eigenvalue weighted by Gasteiger charge is 2.16. The van der Waals surface area contributed by atoms with E-state index < -0.39 is 0 Å². The highest BCUT2D eigenvalue weighted by atomic mass is 15.2. The lowest BCUT2D eigenvalue weighted by atomic mass is 10.0. The molecule has 0 unspecified atom stereocenters. The summed E-state index contributed by atoms with van der Waals surface area (Å²) in [5.41, 5.74) is 9.21. The van der Waals surface area contributed by atoms with Crippen molar-refractivity contribution in [2.75, 3.05) is 39.0 Å². The van der Waals surface area contributed by atoms with Crippen LogP contribution in [0.15, 0.2) is 30.3 Å². The van der Waals surface area contributed by atoms with Gasteiger partial charge in [0.2, 0.25) is 0 Å². The zero-order valence-electron chi connectivity index (χ0n) is 11.8. The summed E-state index contributed by atoms with van der Waals surface area (Å²) in [5.74, 6) is 0.536. The minimum atomic E-state index is 0.536. The lowest BCUT2D eigenvalue weighted by Gasteiger charge is -2.32. The van der Waals surface area contributed by atoms with E-state index in [1.807, 2.05) is 6.07 Å². The molecular formula is C15H21N5. The number of H-pyrrole nitrogens is 1. The van der Waals surface area contributed by atoms with E-state index >= 15 is 0 Å². The van der Waals surface area contributed by atoms with Gasteiger partial charge in [-0.3, -0.25) is 10.00 Å². The maximum absolute atomic E-state index is 5.71. The SMILES string of the molecule is CN1CCN(Cc2ccccc2-c2cc(N)n[nH]2)CC1. The molecule has 1 fully saturated rings. The Morgan fingerprint density at radius 1 is 1.20 bits per heavy atom.